The molecule has 1 N–H and O–H groups in total. The van der Waals surface area contributed by atoms with Gasteiger partial charge in [-0.1, -0.05) is 17.7 Å². The Morgan fingerprint density at radius 3 is 2.87 bits per heavy atom. The molecule has 1 aliphatic carbocycles. The van der Waals surface area contributed by atoms with Crippen LogP contribution in [0.15, 0.2) is 18.2 Å². The lowest BCUT2D eigenvalue weighted by atomic mass is 10.1. The molecule has 0 aromatic heterocycles. The maximum atomic E-state index is 12.9. The molecule has 0 aliphatic heterocycles. The third-order valence-electron chi connectivity index (χ3n) is 2.62. The molecule has 1 unspecified atom stereocenters. The van der Waals surface area contributed by atoms with Crippen LogP contribution in [0.1, 0.15) is 25.3 Å². The quantitative estimate of drug-likeness (QED) is 0.833. The van der Waals surface area contributed by atoms with Gasteiger partial charge in [-0.25, -0.2) is 4.39 Å². The lowest BCUT2D eigenvalue weighted by Gasteiger charge is -2.13. The summed E-state index contributed by atoms with van der Waals surface area (Å²) < 4.78 is 12.9. The van der Waals surface area contributed by atoms with Crippen LogP contribution < -0.4 is 5.32 Å². The Morgan fingerprint density at radius 2 is 2.27 bits per heavy atom. The van der Waals surface area contributed by atoms with Crippen molar-refractivity contribution in [1.29, 1.82) is 0 Å². The number of benzene rings is 1. The number of nitrogens with one attached hydrogen (secondary N) is 1. The summed E-state index contributed by atoms with van der Waals surface area (Å²) >= 11 is 5.72. The topological polar surface area (TPSA) is 12.0 Å². The largest absolute Gasteiger partial charge is 0.311 e. The Balaban J connectivity index is 1.93. The summed E-state index contributed by atoms with van der Waals surface area (Å²) in [7, 11) is 0. The van der Waals surface area contributed by atoms with Gasteiger partial charge in [0.15, 0.2) is 0 Å². The fourth-order valence-corrected chi connectivity index (χ4v) is 1.93. The van der Waals surface area contributed by atoms with E-state index in [1.54, 1.807) is 12.1 Å². The van der Waals surface area contributed by atoms with E-state index in [2.05, 4.69) is 12.2 Å². The minimum Gasteiger partial charge on any atom is -0.311 e. The zero-order chi connectivity index (χ0) is 10.8. The van der Waals surface area contributed by atoms with Crippen molar-refractivity contribution in [2.24, 2.45) is 0 Å². The normalized spacial score (nSPS) is 17.8. The molecule has 15 heavy (non-hydrogen) atoms. The fourth-order valence-electron chi connectivity index (χ4n) is 1.73. The van der Waals surface area contributed by atoms with Gasteiger partial charge in [-0.15, -0.1) is 0 Å². The molecule has 1 aromatic carbocycles. The molecule has 0 heterocycles. The molecule has 1 fully saturated rings. The van der Waals surface area contributed by atoms with Gasteiger partial charge in [-0.3, -0.25) is 0 Å². The maximum absolute atomic E-state index is 12.9. The monoisotopic (exact) mass is 227 g/mol. The van der Waals surface area contributed by atoms with Crippen LogP contribution in [0.25, 0.3) is 0 Å². The molecule has 1 nitrogen and oxygen atoms in total. The van der Waals surface area contributed by atoms with Crippen LogP contribution in [0.5, 0.6) is 0 Å². The van der Waals surface area contributed by atoms with Crippen molar-refractivity contribution < 1.29 is 4.39 Å². The smallest absolute Gasteiger partial charge is 0.141 e. The lowest BCUT2D eigenvalue weighted by Crippen LogP contribution is -2.29. The van der Waals surface area contributed by atoms with E-state index >= 15 is 0 Å². The molecule has 0 amide bonds. The van der Waals surface area contributed by atoms with E-state index in [1.807, 2.05) is 0 Å². The molecule has 82 valence electrons. The fraction of sp³-hybridized carbons (Fsp3) is 0.500. The van der Waals surface area contributed by atoms with Gasteiger partial charge < -0.3 is 5.32 Å². The zero-order valence-corrected chi connectivity index (χ0v) is 9.52. The van der Waals surface area contributed by atoms with Crippen molar-refractivity contribution in [3.05, 3.63) is 34.6 Å². The molecule has 1 aromatic rings. The summed E-state index contributed by atoms with van der Waals surface area (Å²) in [4.78, 5) is 0. The van der Waals surface area contributed by atoms with Crippen LogP contribution in [-0.4, -0.2) is 12.1 Å². The van der Waals surface area contributed by atoms with Gasteiger partial charge in [0.25, 0.3) is 0 Å². The molecule has 1 saturated carbocycles. The number of hydrogen-bond acceptors (Lipinski definition) is 1. The Morgan fingerprint density at radius 1 is 1.53 bits per heavy atom. The van der Waals surface area contributed by atoms with Gasteiger partial charge in [0, 0.05) is 12.1 Å². The summed E-state index contributed by atoms with van der Waals surface area (Å²) in [6.07, 6.45) is 3.47. The van der Waals surface area contributed by atoms with Crippen molar-refractivity contribution in [3.63, 3.8) is 0 Å². The van der Waals surface area contributed by atoms with E-state index in [0.717, 1.165) is 12.0 Å². The highest BCUT2D eigenvalue weighted by molar-refractivity contribution is 6.30. The predicted molar refractivity (Wildman–Crippen MR) is 60.7 cm³/mol. The second kappa shape index (κ2) is 4.50. The molecule has 1 aliphatic rings. The lowest BCUT2D eigenvalue weighted by molar-refractivity contribution is 0.541. The maximum Gasteiger partial charge on any atom is 0.141 e. The van der Waals surface area contributed by atoms with E-state index < -0.39 is 0 Å². The third kappa shape index (κ3) is 3.18. The second-order valence-corrected chi connectivity index (χ2v) is 4.70. The van der Waals surface area contributed by atoms with Gasteiger partial charge in [0.05, 0.1) is 5.02 Å². The zero-order valence-electron chi connectivity index (χ0n) is 8.76. The Bertz CT molecular complexity index is 349. The third-order valence-corrected chi connectivity index (χ3v) is 2.91. The Labute approximate surface area is 94.6 Å². The number of rotatable bonds is 4. The van der Waals surface area contributed by atoms with Gasteiger partial charge in [-0.05, 0) is 43.9 Å². The first-order valence-electron chi connectivity index (χ1n) is 5.35. The molecule has 1 atom stereocenters. The molecule has 0 radical (unpaired) electrons. The first-order valence-corrected chi connectivity index (χ1v) is 5.73. The van der Waals surface area contributed by atoms with Gasteiger partial charge >= 0.3 is 0 Å². The highest BCUT2D eigenvalue weighted by atomic mass is 35.5. The number of halogens is 2. The van der Waals surface area contributed by atoms with E-state index in [4.69, 9.17) is 11.6 Å². The average Bonchev–Trinajstić information content (AvgIpc) is 2.95. The van der Waals surface area contributed by atoms with Crippen molar-refractivity contribution >= 4 is 11.6 Å². The summed E-state index contributed by atoms with van der Waals surface area (Å²) in [5, 5.41) is 3.71. The molecule has 2 rings (SSSR count). The van der Waals surface area contributed by atoms with Gasteiger partial charge in [0.1, 0.15) is 5.82 Å². The van der Waals surface area contributed by atoms with Gasteiger partial charge in [-0.2, -0.15) is 0 Å². The van der Waals surface area contributed by atoms with Crippen molar-refractivity contribution in [1.82, 2.24) is 5.32 Å². The van der Waals surface area contributed by atoms with Gasteiger partial charge in [0.2, 0.25) is 0 Å². The van der Waals surface area contributed by atoms with Crippen LogP contribution in [0.2, 0.25) is 5.02 Å². The second-order valence-electron chi connectivity index (χ2n) is 4.29. The average molecular weight is 228 g/mol. The van der Waals surface area contributed by atoms with Crippen LogP contribution in [0.3, 0.4) is 0 Å². The van der Waals surface area contributed by atoms with Crippen molar-refractivity contribution in [2.75, 3.05) is 0 Å². The first-order chi connectivity index (χ1) is 7.15. The van der Waals surface area contributed by atoms with Crippen LogP contribution in [0, 0.1) is 5.82 Å². The molecule has 0 bridgehead atoms. The molecular formula is C12H15ClFN. The highest BCUT2D eigenvalue weighted by Gasteiger charge is 2.22. The first kappa shape index (κ1) is 10.9. The minimum atomic E-state index is -0.344. The number of hydrogen-bond donors (Lipinski definition) is 1. The highest BCUT2D eigenvalue weighted by Crippen LogP contribution is 2.21. The SMILES string of the molecule is CC(Cc1ccc(F)c(Cl)c1)NC1CC1. The van der Waals surface area contributed by atoms with Crippen LogP contribution in [-0.2, 0) is 6.42 Å². The minimum absolute atomic E-state index is 0.214. The Hall–Kier alpha value is -0.600. The van der Waals surface area contributed by atoms with E-state index in [1.165, 1.54) is 18.9 Å². The van der Waals surface area contributed by atoms with E-state index in [0.29, 0.717) is 12.1 Å². The standard InChI is InChI=1S/C12H15ClFN/c1-8(15-10-3-4-10)6-9-2-5-12(14)11(13)7-9/h2,5,7-8,10,15H,3-4,6H2,1H3. The van der Waals surface area contributed by atoms with E-state index in [9.17, 15) is 4.39 Å². The van der Waals surface area contributed by atoms with Crippen LogP contribution in [0.4, 0.5) is 4.39 Å². The summed E-state index contributed by atoms with van der Waals surface area (Å²) in [6, 6.07) is 6.07. The summed E-state index contributed by atoms with van der Waals surface area (Å²) in [5.74, 6) is -0.344. The molecule has 0 spiro atoms. The van der Waals surface area contributed by atoms with E-state index in [-0.39, 0.29) is 10.8 Å². The van der Waals surface area contributed by atoms with Crippen molar-refractivity contribution in [2.45, 2.75) is 38.3 Å². The summed E-state index contributed by atoms with van der Waals surface area (Å²) in [6.45, 7) is 2.15. The Kier molecular flexibility index (Phi) is 3.27. The molecule has 0 saturated heterocycles. The summed E-state index contributed by atoms with van der Waals surface area (Å²) in [5.41, 5.74) is 1.09. The van der Waals surface area contributed by atoms with Crippen LogP contribution >= 0.6 is 11.6 Å². The molecule has 3 heteroatoms. The molecular weight excluding hydrogens is 213 g/mol. The van der Waals surface area contributed by atoms with Crippen molar-refractivity contribution in [3.8, 4) is 0 Å². The predicted octanol–water partition coefficient (Wildman–Crippen LogP) is 3.16.